The van der Waals surface area contributed by atoms with Gasteiger partial charge in [-0.05, 0) is 31.8 Å². The number of carbonyl (C=O) groups is 1. The van der Waals surface area contributed by atoms with Crippen molar-refractivity contribution < 1.29 is 4.79 Å². The lowest BCUT2D eigenvalue weighted by Crippen LogP contribution is -2.24. The standard InChI is InChI=1S/C13H17ClN2O/c1-15(2)8-10-3-5-12(6-4-10)16-9-11(14)7-13(16)17/h3-6,11H,7-9H2,1-2H3. The summed E-state index contributed by atoms with van der Waals surface area (Å²) in [5.41, 5.74) is 2.19. The van der Waals surface area contributed by atoms with E-state index in [1.165, 1.54) is 5.56 Å². The van der Waals surface area contributed by atoms with Gasteiger partial charge in [-0.15, -0.1) is 11.6 Å². The molecule has 0 N–H and O–H groups in total. The van der Waals surface area contributed by atoms with E-state index in [-0.39, 0.29) is 11.3 Å². The van der Waals surface area contributed by atoms with Gasteiger partial charge in [0.2, 0.25) is 5.91 Å². The molecular formula is C13H17ClN2O. The zero-order valence-corrected chi connectivity index (χ0v) is 10.9. The summed E-state index contributed by atoms with van der Waals surface area (Å²) in [5, 5.41) is -0.0519. The van der Waals surface area contributed by atoms with Gasteiger partial charge in [-0.1, -0.05) is 12.1 Å². The average Bonchev–Trinajstić information content (AvgIpc) is 2.58. The Morgan fingerprint density at radius 2 is 2.00 bits per heavy atom. The van der Waals surface area contributed by atoms with E-state index in [0.717, 1.165) is 12.2 Å². The van der Waals surface area contributed by atoms with E-state index in [2.05, 4.69) is 17.0 Å². The van der Waals surface area contributed by atoms with E-state index in [4.69, 9.17) is 11.6 Å². The van der Waals surface area contributed by atoms with Gasteiger partial charge in [0.05, 0.1) is 5.38 Å². The van der Waals surface area contributed by atoms with Gasteiger partial charge in [0, 0.05) is 25.2 Å². The van der Waals surface area contributed by atoms with Gasteiger partial charge in [0.1, 0.15) is 0 Å². The number of halogens is 1. The smallest absolute Gasteiger partial charge is 0.228 e. The maximum atomic E-state index is 11.7. The molecule has 0 saturated carbocycles. The molecule has 0 aromatic heterocycles. The van der Waals surface area contributed by atoms with Gasteiger partial charge in [0.25, 0.3) is 0 Å². The van der Waals surface area contributed by atoms with Crippen LogP contribution in [0.5, 0.6) is 0 Å². The van der Waals surface area contributed by atoms with Crippen LogP contribution in [0.15, 0.2) is 24.3 Å². The highest BCUT2D eigenvalue weighted by Gasteiger charge is 2.28. The summed E-state index contributed by atoms with van der Waals surface area (Å²) in [4.78, 5) is 15.6. The highest BCUT2D eigenvalue weighted by atomic mass is 35.5. The third kappa shape index (κ3) is 2.99. The fourth-order valence-corrected chi connectivity index (χ4v) is 2.33. The van der Waals surface area contributed by atoms with E-state index < -0.39 is 0 Å². The predicted molar refractivity (Wildman–Crippen MR) is 70.4 cm³/mol. The first-order valence-electron chi connectivity index (χ1n) is 5.74. The van der Waals surface area contributed by atoms with Gasteiger partial charge >= 0.3 is 0 Å². The molecule has 1 unspecified atom stereocenters. The van der Waals surface area contributed by atoms with Crippen LogP contribution in [0.2, 0.25) is 0 Å². The number of carbonyl (C=O) groups excluding carboxylic acids is 1. The van der Waals surface area contributed by atoms with Crippen molar-refractivity contribution in [1.29, 1.82) is 0 Å². The summed E-state index contributed by atoms with van der Waals surface area (Å²) >= 11 is 5.98. The van der Waals surface area contributed by atoms with Crippen molar-refractivity contribution in [3.8, 4) is 0 Å². The molecule has 4 heteroatoms. The SMILES string of the molecule is CN(C)Cc1ccc(N2CC(Cl)CC2=O)cc1. The quantitative estimate of drug-likeness (QED) is 0.770. The van der Waals surface area contributed by atoms with Crippen LogP contribution in [0, 0.1) is 0 Å². The van der Waals surface area contributed by atoms with Crippen LogP contribution < -0.4 is 4.90 Å². The molecule has 1 aliphatic heterocycles. The lowest BCUT2D eigenvalue weighted by Gasteiger charge is -2.17. The van der Waals surface area contributed by atoms with E-state index >= 15 is 0 Å². The Morgan fingerprint density at radius 1 is 1.35 bits per heavy atom. The normalized spacial score (nSPS) is 20.4. The number of anilines is 1. The van der Waals surface area contributed by atoms with Crippen molar-refractivity contribution in [3.63, 3.8) is 0 Å². The molecule has 1 amide bonds. The number of nitrogens with zero attached hydrogens (tertiary/aromatic N) is 2. The minimum Gasteiger partial charge on any atom is -0.311 e. The van der Waals surface area contributed by atoms with Gasteiger partial charge < -0.3 is 9.80 Å². The molecule has 1 aliphatic rings. The molecule has 0 radical (unpaired) electrons. The molecule has 2 rings (SSSR count). The molecule has 0 bridgehead atoms. The lowest BCUT2D eigenvalue weighted by atomic mass is 10.2. The summed E-state index contributed by atoms with van der Waals surface area (Å²) in [6.45, 7) is 1.53. The Kier molecular flexibility index (Phi) is 3.69. The van der Waals surface area contributed by atoms with Crippen LogP contribution in [0.25, 0.3) is 0 Å². The Morgan fingerprint density at radius 3 is 2.47 bits per heavy atom. The zero-order valence-electron chi connectivity index (χ0n) is 10.2. The van der Waals surface area contributed by atoms with Crippen LogP contribution in [0.4, 0.5) is 5.69 Å². The van der Waals surface area contributed by atoms with Crippen molar-refractivity contribution in [2.45, 2.75) is 18.3 Å². The number of alkyl halides is 1. The van der Waals surface area contributed by atoms with Gasteiger partial charge in [0.15, 0.2) is 0 Å². The van der Waals surface area contributed by atoms with Crippen molar-refractivity contribution in [1.82, 2.24) is 4.90 Å². The van der Waals surface area contributed by atoms with E-state index in [1.807, 2.05) is 26.2 Å². The maximum Gasteiger partial charge on any atom is 0.228 e. The first-order chi connectivity index (χ1) is 8.06. The van der Waals surface area contributed by atoms with E-state index in [0.29, 0.717) is 13.0 Å². The third-order valence-corrected chi connectivity index (χ3v) is 3.12. The predicted octanol–water partition coefficient (Wildman–Crippen LogP) is 2.09. The monoisotopic (exact) mass is 252 g/mol. The Hall–Kier alpha value is -1.06. The number of hydrogen-bond acceptors (Lipinski definition) is 2. The molecule has 0 spiro atoms. The lowest BCUT2D eigenvalue weighted by molar-refractivity contribution is -0.117. The van der Waals surface area contributed by atoms with Crippen LogP contribution in [0.3, 0.4) is 0 Å². The minimum absolute atomic E-state index is 0.0519. The molecule has 0 aliphatic carbocycles. The maximum absolute atomic E-state index is 11.7. The zero-order chi connectivity index (χ0) is 12.4. The topological polar surface area (TPSA) is 23.6 Å². The number of benzene rings is 1. The molecule has 1 aromatic carbocycles. The fraction of sp³-hybridized carbons (Fsp3) is 0.462. The Balaban J connectivity index is 2.10. The first-order valence-corrected chi connectivity index (χ1v) is 6.18. The van der Waals surface area contributed by atoms with Crippen LogP contribution >= 0.6 is 11.6 Å². The average molecular weight is 253 g/mol. The second-order valence-electron chi connectivity index (χ2n) is 4.71. The van der Waals surface area contributed by atoms with Crippen molar-refractivity contribution >= 4 is 23.2 Å². The Bertz CT molecular complexity index is 402. The van der Waals surface area contributed by atoms with Crippen LogP contribution in [0.1, 0.15) is 12.0 Å². The molecule has 3 nitrogen and oxygen atoms in total. The largest absolute Gasteiger partial charge is 0.311 e. The van der Waals surface area contributed by atoms with Crippen LogP contribution in [-0.4, -0.2) is 36.8 Å². The highest BCUT2D eigenvalue weighted by molar-refractivity contribution is 6.24. The third-order valence-electron chi connectivity index (χ3n) is 2.82. The van der Waals surface area contributed by atoms with Crippen LogP contribution in [-0.2, 0) is 11.3 Å². The molecule has 1 atom stereocenters. The second-order valence-corrected chi connectivity index (χ2v) is 5.33. The summed E-state index contributed by atoms with van der Waals surface area (Å²) in [5.74, 6) is 0.116. The summed E-state index contributed by atoms with van der Waals surface area (Å²) in [6, 6.07) is 8.10. The van der Waals surface area contributed by atoms with Crippen molar-refractivity contribution in [2.24, 2.45) is 0 Å². The van der Waals surface area contributed by atoms with Gasteiger partial charge in [-0.2, -0.15) is 0 Å². The molecule has 92 valence electrons. The second kappa shape index (κ2) is 5.07. The van der Waals surface area contributed by atoms with Crippen molar-refractivity contribution in [3.05, 3.63) is 29.8 Å². The molecule has 1 aromatic rings. The van der Waals surface area contributed by atoms with Gasteiger partial charge in [-0.3, -0.25) is 4.79 Å². The molecule has 17 heavy (non-hydrogen) atoms. The van der Waals surface area contributed by atoms with E-state index in [9.17, 15) is 4.79 Å². The molecule has 1 saturated heterocycles. The van der Waals surface area contributed by atoms with Gasteiger partial charge in [-0.25, -0.2) is 0 Å². The fourth-order valence-electron chi connectivity index (χ4n) is 2.06. The van der Waals surface area contributed by atoms with Crippen molar-refractivity contribution in [2.75, 3.05) is 25.5 Å². The Labute approximate surface area is 107 Å². The highest BCUT2D eigenvalue weighted by Crippen LogP contribution is 2.24. The number of rotatable bonds is 3. The number of amides is 1. The molecular weight excluding hydrogens is 236 g/mol. The summed E-state index contributed by atoms with van der Waals surface area (Å²) in [7, 11) is 4.08. The number of hydrogen-bond donors (Lipinski definition) is 0. The molecule has 1 heterocycles. The summed E-state index contributed by atoms with van der Waals surface area (Å²) in [6.07, 6.45) is 0.445. The minimum atomic E-state index is -0.0519. The van der Waals surface area contributed by atoms with E-state index in [1.54, 1.807) is 4.90 Å². The molecule has 1 fully saturated rings. The summed E-state index contributed by atoms with van der Waals surface area (Å²) < 4.78 is 0. The first kappa shape index (κ1) is 12.4.